The molecule has 0 radical (unpaired) electrons. The minimum Gasteiger partial charge on any atom is -0.465 e. The Kier molecular flexibility index (Phi) is 4.90. The molecule has 1 heterocycles. The third-order valence-electron chi connectivity index (χ3n) is 3.87. The Morgan fingerprint density at radius 2 is 1.96 bits per heavy atom. The van der Waals surface area contributed by atoms with Gasteiger partial charge in [0.2, 0.25) is 0 Å². The van der Waals surface area contributed by atoms with E-state index in [1.807, 2.05) is 0 Å². The number of halogens is 4. The normalized spacial score (nSPS) is 14.0. The van der Waals surface area contributed by atoms with Crippen LogP contribution in [0.15, 0.2) is 18.2 Å². The molecule has 1 aliphatic carbocycles. The van der Waals surface area contributed by atoms with Crippen LogP contribution in [0.3, 0.4) is 0 Å². The molecule has 0 saturated heterocycles. The lowest BCUT2D eigenvalue weighted by molar-refractivity contribution is -0.141. The molecular weight excluding hydrogens is 370 g/mol. The van der Waals surface area contributed by atoms with Gasteiger partial charge in [-0.25, -0.2) is 9.18 Å². The van der Waals surface area contributed by atoms with Gasteiger partial charge in [-0.2, -0.15) is 13.2 Å². The molecule has 1 aromatic carbocycles. The maximum absolute atomic E-state index is 13.4. The Balaban J connectivity index is 2.13. The topological polar surface area (TPSA) is 73.3 Å². The van der Waals surface area contributed by atoms with E-state index in [0.29, 0.717) is 18.4 Å². The first-order valence-corrected chi connectivity index (χ1v) is 7.97. The number of ether oxygens (including phenoxy) is 2. The number of esters is 1. The maximum atomic E-state index is 13.4. The summed E-state index contributed by atoms with van der Waals surface area (Å²) in [4.78, 5) is 12.2. The zero-order valence-corrected chi connectivity index (χ0v) is 14.4. The minimum absolute atomic E-state index is 0.119. The summed E-state index contributed by atoms with van der Waals surface area (Å²) in [6, 6.07) is 3.35. The van der Waals surface area contributed by atoms with E-state index in [0.717, 1.165) is 13.2 Å². The summed E-state index contributed by atoms with van der Waals surface area (Å²) in [6.07, 6.45) is -3.52. The highest BCUT2D eigenvalue weighted by Crippen LogP contribution is 2.41. The Morgan fingerprint density at radius 3 is 2.52 bits per heavy atom. The van der Waals surface area contributed by atoms with Gasteiger partial charge in [0.1, 0.15) is 17.1 Å². The van der Waals surface area contributed by atoms with Gasteiger partial charge in [0, 0.05) is 6.04 Å². The molecule has 3 rings (SSSR count). The smallest absolute Gasteiger partial charge is 0.437 e. The third-order valence-corrected chi connectivity index (χ3v) is 3.87. The Hall–Kier alpha value is -2.91. The molecule has 0 unspecified atom stereocenters. The van der Waals surface area contributed by atoms with E-state index in [9.17, 15) is 22.4 Å². The summed E-state index contributed by atoms with van der Waals surface area (Å²) in [5.41, 5.74) is -2.03. The number of methoxy groups -OCH3 is 1. The van der Waals surface area contributed by atoms with Gasteiger partial charge >= 0.3 is 12.1 Å². The number of aryl methyl sites for hydroxylation is 1. The van der Waals surface area contributed by atoms with E-state index < -0.39 is 40.8 Å². The van der Waals surface area contributed by atoms with Gasteiger partial charge in [-0.05, 0) is 43.5 Å². The highest BCUT2D eigenvalue weighted by Gasteiger charge is 2.41. The quantitative estimate of drug-likeness (QED) is 0.617. The average Bonchev–Trinajstić information content (AvgIpc) is 3.40. The van der Waals surface area contributed by atoms with Crippen molar-refractivity contribution in [1.82, 2.24) is 10.2 Å². The van der Waals surface area contributed by atoms with Gasteiger partial charge in [-0.3, -0.25) is 0 Å². The van der Waals surface area contributed by atoms with Crippen LogP contribution in [0.25, 0.3) is 0 Å². The summed E-state index contributed by atoms with van der Waals surface area (Å²) >= 11 is 0. The zero-order valence-electron chi connectivity index (χ0n) is 14.4. The third kappa shape index (κ3) is 4.09. The predicted molar refractivity (Wildman–Crippen MR) is 86.2 cm³/mol. The van der Waals surface area contributed by atoms with Crippen LogP contribution in [0, 0.1) is 12.7 Å². The maximum Gasteiger partial charge on any atom is 0.437 e. The molecule has 1 fully saturated rings. The second-order valence-electron chi connectivity index (χ2n) is 6.02. The highest BCUT2D eigenvalue weighted by atomic mass is 19.4. The summed E-state index contributed by atoms with van der Waals surface area (Å²) in [7, 11) is 1.03. The Morgan fingerprint density at radius 1 is 1.26 bits per heavy atom. The van der Waals surface area contributed by atoms with Gasteiger partial charge in [0.25, 0.3) is 5.88 Å². The van der Waals surface area contributed by atoms with E-state index in [1.165, 1.54) is 19.1 Å². The number of rotatable bonds is 5. The number of carbonyl (C=O) groups excluding carboxylic acids is 1. The molecular formula is C17H15F4N3O3. The lowest BCUT2D eigenvalue weighted by Gasteiger charge is -2.18. The van der Waals surface area contributed by atoms with Crippen LogP contribution in [-0.2, 0) is 10.9 Å². The van der Waals surface area contributed by atoms with E-state index in [2.05, 4.69) is 20.3 Å². The first kappa shape index (κ1) is 18.9. The zero-order chi connectivity index (χ0) is 19.8. The standard InChI is InChI=1S/C17H15F4N3O3/c1-8-7-9(18)3-6-11(8)27-15-12(16(25)26-2)13(22-10-4-5-10)14(23-24-15)17(19,20)21/h3,6-7,10H,4-5H2,1-2H3,(H,22,24). The first-order valence-electron chi connectivity index (χ1n) is 7.97. The number of aromatic nitrogens is 2. The molecule has 6 nitrogen and oxygen atoms in total. The van der Waals surface area contributed by atoms with Crippen molar-refractivity contribution >= 4 is 11.7 Å². The lowest BCUT2D eigenvalue weighted by Crippen LogP contribution is -2.20. The lowest BCUT2D eigenvalue weighted by atomic mass is 10.1. The van der Waals surface area contributed by atoms with Crippen molar-refractivity contribution in [3.8, 4) is 11.6 Å². The van der Waals surface area contributed by atoms with Gasteiger partial charge in [0.05, 0.1) is 12.8 Å². The highest BCUT2D eigenvalue weighted by molar-refractivity contribution is 5.98. The molecule has 0 atom stereocenters. The number of nitrogens with one attached hydrogen (secondary N) is 1. The number of carbonyl (C=O) groups is 1. The molecule has 0 amide bonds. The van der Waals surface area contributed by atoms with Gasteiger partial charge in [-0.1, -0.05) is 0 Å². The predicted octanol–water partition coefficient (Wildman–Crippen LogP) is 4.10. The number of hydrogen-bond donors (Lipinski definition) is 1. The van der Waals surface area contributed by atoms with Crippen LogP contribution in [0.4, 0.5) is 23.2 Å². The summed E-state index contributed by atoms with van der Waals surface area (Å²) < 4.78 is 63.4. The van der Waals surface area contributed by atoms with Gasteiger partial charge in [-0.15, -0.1) is 10.2 Å². The molecule has 1 saturated carbocycles. The summed E-state index contributed by atoms with van der Waals surface area (Å²) in [5, 5.41) is 9.30. The van der Waals surface area contributed by atoms with E-state index in [1.54, 1.807) is 0 Å². The molecule has 0 aliphatic heterocycles. The minimum atomic E-state index is -4.84. The summed E-state index contributed by atoms with van der Waals surface area (Å²) in [5.74, 6) is -1.92. The molecule has 2 aromatic rings. The largest absolute Gasteiger partial charge is 0.465 e. The molecule has 0 bridgehead atoms. The fraction of sp³-hybridized carbons (Fsp3) is 0.353. The van der Waals surface area contributed by atoms with Gasteiger partial charge < -0.3 is 14.8 Å². The molecule has 0 spiro atoms. The van der Waals surface area contributed by atoms with Crippen LogP contribution < -0.4 is 10.1 Å². The number of alkyl halides is 3. The van der Waals surface area contributed by atoms with Crippen molar-refractivity contribution in [2.45, 2.75) is 32.0 Å². The Bertz CT molecular complexity index is 882. The average molecular weight is 385 g/mol. The van der Waals surface area contributed by atoms with Crippen LogP contribution in [0.1, 0.15) is 34.5 Å². The molecule has 144 valence electrons. The second kappa shape index (κ2) is 7.01. The van der Waals surface area contributed by atoms with Crippen molar-refractivity contribution in [3.63, 3.8) is 0 Å². The number of nitrogens with zero attached hydrogens (tertiary/aromatic N) is 2. The molecule has 1 N–H and O–H groups in total. The van der Waals surface area contributed by atoms with Crippen molar-refractivity contribution in [1.29, 1.82) is 0 Å². The van der Waals surface area contributed by atoms with Gasteiger partial charge in [0.15, 0.2) is 5.69 Å². The monoisotopic (exact) mass is 385 g/mol. The van der Waals surface area contributed by atoms with Crippen LogP contribution in [0.2, 0.25) is 0 Å². The SMILES string of the molecule is COC(=O)c1c(Oc2ccc(F)cc2C)nnc(C(F)(F)F)c1NC1CC1. The molecule has 10 heteroatoms. The fourth-order valence-electron chi connectivity index (χ4n) is 2.39. The number of hydrogen-bond acceptors (Lipinski definition) is 6. The number of anilines is 1. The van der Waals surface area contributed by atoms with Crippen molar-refractivity contribution in [3.05, 3.63) is 40.8 Å². The van der Waals surface area contributed by atoms with E-state index in [-0.39, 0.29) is 11.8 Å². The fourth-order valence-corrected chi connectivity index (χ4v) is 2.39. The van der Waals surface area contributed by atoms with Crippen LogP contribution in [0.5, 0.6) is 11.6 Å². The molecule has 1 aromatic heterocycles. The van der Waals surface area contributed by atoms with Crippen molar-refractivity contribution < 1.29 is 31.8 Å². The van der Waals surface area contributed by atoms with E-state index in [4.69, 9.17) is 4.74 Å². The first-order chi connectivity index (χ1) is 12.7. The van der Waals surface area contributed by atoms with Crippen molar-refractivity contribution in [2.75, 3.05) is 12.4 Å². The van der Waals surface area contributed by atoms with Crippen LogP contribution in [-0.4, -0.2) is 29.3 Å². The molecule has 1 aliphatic rings. The molecule has 27 heavy (non-hydrogen) atoms. The van der Waals surface area contributed by atoms with Crippen LogP contribution >= 0.6 is 0 Å². The second-order valence-corrected chi connectivity index (χ2v) is 6.02. The van der Waals surface area contributed by atoms with E-state index >= 15 is 0 Å². The number of benzene rings is 1. The van der Waals surface area contributed by atoms with Crippen molar-refractivity contribution in [2.24, 2.45) is 0 Å². The Labute approximate surface area is 151 Å². The summed E-state index contributed by atoms with van der Waals surface area (Å²) in [6.45, 7) is 1.54.